The average Bonchev–Trinajstić information content (AvgIpc) is 3.28. The fourth-order valence-electron chi connectivity index (χ4n) is 6.88. The highest BCUT2D eigenvalue weighted by atomic mass is 127. The molecule has 0 N–H and O–H groups in total. The number of unbranched alkanes of at least 4 members (excludes halogenated alkanes) is 12. The lowest BCUT2D eigenvalue weighted by atomic mass is 10.0. The molecule has 0 atom stereocenters. The molecular weight excluding hydrogens is 864 g/mol. The highest BCUT2D eigenvalue weighted by Crippen LogP contribution is 2.34. The minimum absolute atomic E-state index is 0.685. The van der Waals surface area contributed by atoms with Crippen molar-refractivity contribution >= 4 is 65.1 Å². The first-order valence-corrected chi connectivity index (χ1v) is 24.4. The van der Waals surface area contributed by atoms with Gasteiger partial charge in [-0.05, 0) is 94.8 Å². The van der Waals surface area contributed by atoms with Crippen molar-refractivity contribution in [3.8, 4) is 23.0 Å². The third-order valence-corrected chi connectivity index (χ3v) is 11.5. The minimum atomic E-state index is 0.685. The molecule has 4 aromatic rings. The fraction of sp³-hybridized carbons (Fsp3) is 0.429. The maximum absolute atomic E-state index is 6.52. The summed E-state index contributed by atoms with van der Waals surface area (Å²) in [5.74, 6) is 3.58. The van der Waals surface area contributed by atoms with E-state index in [1.807, 2.05) is 6.08 Å². The molecule has 0 heterocycles. The van der Waals surface area contributed by atoms with Gasteiger partial charge in [-0.1, -0.05) is 202 Å². The first kappa shape index (κ1) is 49.4. The Hall–Kier alpha value is -4.23. The van der Waals surface area contributed by atoms with Crippen LogP contribution in [0.25, 0.3) is 42.5 Å². The largest absolute Gasteiger partial charge is 0.493 e. The van der Waals surface area contributed by atoms with E-state index in [1.54, 1.807) is 0 Å². The topological polar surface area (TPSA) is 36.9 Å². The molecular formula is C56H73IO4. The Morgan fingerprint density at radius 2 is 0.672 bits per heavy atom. The molecule has 0 amide bonds. The number of ether oxygens (including phenoxy) is 4. The second-order valence-electron chi connectivity index (χ2n) is 15.9. The number of benzene rings is 4. The van der Waals surface area contributed by atoms with E-state index >= 15 is 0 Å². The fourth-order valence-corrected chi connectivity index (χ4v) is 7.48. The van der Waals surface area contributed by atoms with Gasteiger partial charge in [0.2, 0.25) is 0 Å². The summed E-state index contributed by atoms with van der Waals surface area (Å²) in [7, 11) is 0. The van der Waals surface area contributed by atoms with Crippen LogP contribution < -0.4 is 18.9 Å². The molecule has 0 aliphatic carbocycles. The van der Waals surface area contributed by atoms with Crippen molar-refractivity contribution in [3.63, 3.8) is 0 Å². The quantitative estimate of drug-likeness (QED) is 0.0286. The second-order valence-corrected chi connectivity index (χ2v) is 17.1. The lowest BCUT2D eigenvalue weighted by molar-refractivity contribution is 0.294. The summed E-state index contributed by atoms with van der Waals surface area (Å²) in [5, 5.41) is 0. The number of halogens is 1. The Bertz CT molecular complexity index is 1920. The molecule has 0 aromatic heterocycles. The third-order valence-electron chi connectivity index (χ3n) is 10.7. The van der Waals surface area contributed by atoms with E-state index in [1.165, 1.54) is 77.0 Å². The number of rotatable bonds is 31. The van der Waals surface area contributed by atoms with Gasteiger partial charge < -0.3 is 18.9 Å². The molecule has 0 aliphatic heterocycles. The maximum Gasteiger partial charge on any atom is 0.133 e. The van der Waals surface area contributed by atoms with Crippen LogP contribution in [0.3, 0.4) is 0 Å². The van der Waals surface area contributed by atoms with Crippen LogP contribution >= 0.6 is 22.6 Å². The van der Waals surface area contributed by atoms with Crippen LogP contribution in [0.5, 0.6) is 23.0 Å². The molecule has 0 spiro atoms. The summed E-state index contributed by atoms with van der Waals surface area (Å²) in [6.07, 6.45) is 33.5. The van der Waals surface area contributed by atoms with Gasteiger partial charge in [0, 0.05) is 16.7 Å². The predicted molar refractivity (Wildman–Crippen MR) is 274 cm³/mol. The zero-order valence-corrected chi connectivity index (χ0v) is 40.0. The number of hydrogen-bond donors (Lipinski definition) is 0. The standard InChI is InChI=1S/C56H73IO4/c1-6-11-15-19-37-58-53-42-50(54(59-38-20-16-12-7-2)41-49(53)34-31-46-25-23-45(10-5)24-26-46)35-32-47-27-29-48(30-28-47)33-36-51-43-56(61-40-22-18-14-9-4)52(57)44-55(51)60-39-21-17-13-8-3/h10,23-36,41-44H,5-9,11-22,37-40H2,1-4H3/b34-31+,35-32+,36-33+. The summed E-state index contributed by atoms with van der Waals surface area (Å²) in [6, 6.07) is 25.7. The molecule has 0 unspecified atom stereocenters. The van der Waals surface area contributed by atoms with Crippen molar-refractivity contribution in [2.45, 2.75) is 130 Å². The van der Waals surface area contributed by atoms with Crippen LogP contribution in [0.15, 0.2) is 79.4 Å². The molecule has 0 fully saturated rings. The lowest BCUT2D eigenvalue weighted by Crippen LogP contribution is -2.03. The molecule has 0 bridgehead atoms. The van der Waals surface area contributed by atoms with Gasteiger partial charge in [-0.3, -0.25) is 0 Å². The van der Waals surface area contributed by atoms with Gasteiger partial charge in [-0.25, -0.2) is 0 Å². The molecule has 4 aromatic carbocycles. The Balaban J connectivity index is 1.58. The highest BCUT2D eigenvalue weighted by Gasteiger charge is 2.12. The van der Waals surface area contributed by atoms with Crippen molar-refractivity contribution in [1.82, 2.24) is 0 Å². The summed E-state index contributed by atoms with van der Waals surface area (Å²) >= 11 is 2.38. The van der Waals surface area contributed by atoms with E-state index in [9.17, 15) is 0 Å². The molecule has 0 saturated heterocycles. The monoisotopic (exact) mass is 936 g/mol. The van der Waals surface area contributed by atoms with Gasteiger partial charge in [0.15, 0.2) is 0 Å². The normalized spacial score (nSPS) is 11.6. The Morgan fingerprint density at radius 3 is 1.00 bits per heavy atom. The SMILES string of the molecule is C=Cc1ccc(/C=C/c2cc(OCCCCCC)c(/C=C/c3ccc(/C=C/c4cc(OCCCCCC)c(I)cc4OCCCCCC)cc3)cc2OCCCCCC)cc1. The van der Waals surface area contributed by atoms with Crippen molar-refractivity contribution < 1.29 is 18.9 Å². The smallest absolute Gasteiger partial charge is 0.133 e. The van der Waals surface area contributed by atoms with E-state index in [-0.39, 0.29) is 0 Å². The van der Waals surface area contributed by atoms with Crippen LogP contribution in [-0.4, -0.2) is 26.4 Å². The van der Waals surface area contributed by atoms with E-state index in [2.05, 4.69) is 166 Å². The molecule has 61 heavy (non-hydrogen) atoms. The molecule has 0 saturated carbocycles. The highest BCUT2D eigenvalue weighted by molar-refractivity contribution is 14.1. The van der Waals surface area contributed by atoms with Gasteiger partial charge in [-0.15, -0.1) is 0 Å². The van der Waals surface area contributed by atoms with Crippen LogP contribution in [0.1, 0.15) is 169 Å². The predicted octanol–water partition coefficient (Wildman–Crippen LogP) is 17.3. The first-order valence-electron chi connectivity index (χ1n) is 23.4. The third kappa shape index (κ3) is 18.7. The summed E-state index contributed by atoms with van der Waals surface area (Å²) in [5.41, 5.74) is 7.54. The van der Waals surface area contributed by atoms with E-state index in [0.717, 1.165) is 104 Å². The van der Waals surface area contributed by atoms with E-state index in [0.29, 0.717) is 13.2 Å². The van der Waals surface area contributed by atoms with Gasteiger partial charge in [0.1, 0.15) is 23.0 Å². The average molecular weight is 937 g/mol. The molecule has 4 rings (SSSR count). The maximum atomic E-state index is 6.52. The van der Waals surface area contributed by atoms with E-state index in [4.69, 9.17) is 18.9 Å². The van der Waals surface area contributed by atoms with Gasteiger partial charge in [0.25, 0.3) is 0 Å². The van der Waals surface area contributed by atoms with Gasteiger partial charge >= 0.3 is 0 Å². The van der Waals surface area contributed by atoms with Gasteiger partial charge in [-0.2, -0.15) is 0 Å². The van der Waals surface area contributed by atoms with Crippen molar-refractivity contribution in [2.75, 3.05) is 26.4 Å². The van der Waals surface area contributed by atoms with Crippen molar-refractivity contribution in [3.05, 3.63) is 122 Å². The van der Waals surface area contributed by atoms with Gasteiger partial charge in [0.05, 0.1) is 30.0 Å². The van der Waals surface area contributed by atoms with Crippen molar-refractivity contribution in [2.24, 2.45) is 0 Å². The molecule has 328 valence electrons. The molecule has 0 aliphatic rings. The Kier molecular flexibility index (Phi) is 24.2. The van der Waals surface area contributed by atoms with Crippen LogP contribution in [-0.2, 0) is 0 Å². The van der Waals surface area contributed by atoms with Crippen molar-refractivity contribution in [1.29, 1.82) is 0 Å². The summed E-state index contributed by atoms with van der Waals surface area (Å²) in [6.45, 7) is 15.7. The lowest BCUT2D eigenvalue weighted by Gasteiger charge is -2.15. The molecule has 5 heteroatoms. The van der Waals surface area contributed by atoms with E-state index < -0.39 is 0 Å². The Labute approximate surface area is 383 Å². The summed E-state index contributed by atoms with van der Waals surface area (Å²) in [4.78, 5) is 0. The number of hydrogen-bond acceptors (Lipinski definition) is 4. The van der Waals surface area contributed by atoms with Crippen LogP contribution in [0, 0.1) is 3.57 Å². The molecule has 0 radical (unpaired) electrons. The Morgan fingerprint density at radius 1 is 0.377 bits per heavy atom. The summed E-state index contributed by atoms with van der Waals surface area (Å²) < 4.78 is 26.7. The van der Waals surface area contributed by atoms with Crippen LogP contribution in [0.4, 0.5) is 0 Å². The zero-order valence-electron chi connectivity index (χ0n) is 37.8. The first-order chi connectivity index (χ1) is 30.0. The zero-order chi connectivity index (χ0) is 43.3. The minimum Gasteiger partial charge on any atom is -0.493 e. The molecule has 4 nitrogen and oxygen atoms in total. The second kappa shape index (κ2) is 29.9. The van der Waals surface area contributed by atoms with Crippen LogP contribution in [0.2, 0.25) is 0 Å².